The van der Waals surface area contributed by atoms with E-state index in [1.807, 2.05) is 6.07 Å². The summed E-state index contributed by atoms with van der Waals surface area (Å²) in [6, 6.07) is 5.82. The maximum atomic E-state index is 13.8. The molecular weight excluding hydrogens is 253 g/mol. The molecule has 20 heavy (non-hydrogen) atoms. The van der Waals surface area contributed by atoms with Crippen LogP contribution in [0.15, 0.2) is 23.8 Å². The zero-order valence-corrected chi connectivity index (χ0v) is 12.1. The van der Waals surface area contributed by atoms with Gasteiger partial charge in [-0.1, -0.05) is 24.1 Å². The van der Waals surface area contributed by atoms with E-state index in [2.05, 4.69) is 11.0 Å². The maximum Gasteiger partial charge on any atom is 0.165 e. The third kappa shape index (κ3) is 2.73. The van der Waals surface area contributed by atoms with Crippen LogP contribution in [0.4, 0.5) is 4.39 Å². The van der Waals surface area contributed by atoms with Crippen LogP contribution in [-0.4, -0.2) is 31.1 Å². The van der Waals surface area contributed by atoms with E-state index < -0.39 is 0 Å². The highest BCUT2D eigenvalue weighted by molar-refractivity contribution is 5.56. The molecule has 3 heteroatoms. The summed E-state index contributed by atoms with van der Waals surface area (Å²) in [7, 11) is 1.50. The first-order valence-corrected chi connectivity index (χ1v) is 7.56. The van der Waals surface area contributed by atoms with Crippen LogP contribution < -0.4 is 4.74 Å². The number of methoxy groups -OCH3 is 1. The third-order valence-corrected chi connectivity index (χ3v) is 4.48. The number of rotatable bonds is 3. The van der Waals surface area contributed by atoms with Crippen LogP contribution in [0.25, 0.3) is 6.08 Å². The van der Waals surface area contributed by atoms with Crippen molar-refractivity contribution >= 4 is 6.08 Å². The fourth-order valence-corrected chi connectivity index (χ4v) is 3.24. The fraction of sp³-hybridized carbons (Fsp3) is 0.529. The molecule has 1 unspecified atom stereocenters. The Hall–Kier alpha value is -1.35. The average molecular weight is 275 g/mol. The second kappa shape index (κ2) is 5.96. The first-order valence-electron chi connectivity index (χ1n) is 7.56. The van der Waals surface area contributed by atoms with Gasteiger partial charge in [0.05, 0.1) is 7.11 Å². The smallest absolute Gasteiger partial charge is 0.165 e. The minimum Gasteiger partial charge on any atom is -0.494 e. The molecule has 1 aromatic carbocycles. The molecule has 0 spiro atoms. The van der Waals surface area contributed by atoms with Gasteiger partial charge in [-0.25, -0.2) is 4.39 Å². The Morgan fingerprint density at radius 3 is 2.75 bits per heavy atom. The largest absolute Gasteiger partial charge is 0.494 e. The van der Waals surface area contributed by atoms with Crippen molar-refractivity contribution in [2.75, 3.05) is 20.2 Å². The van der Waals surface area contributed by atoms with Gasteiger partial charge in [-0.2, -0.15) is 0 Å². The van der Waals surface area contributed by atoms with E-state index >= 15 is 0 Å². The summed E-state index contributed by atoms with van der Waals surface area (Å²) in [5.41, 5.74) is 2.42. The quantitative estimate of drug-likeness (QED) is 0.830. The summed E-state index contributed by atoms with van der Waals surface area (Å²) in [5.74, 6) is 0.0354. The Morgan fingerprint density at radius 1 is 1.25 bits per heavy atom. The van der Waals surface area contributed by atoms with Crippen molar-refractivity contribution in [1.82, 2.24) is 4.90 Å². The number of benzene rings is 1. The predicted molar refractivity (Wildman–Crippen MR) is 79.4 cm³/mol. The topological polar surface area (TPSA) is 12.5 Å². The Labute approximate surface area is 120 Å². The lowest BCUT2D eigenvalue weighted by Gasteiger charge is -2.42. The van der Waals surface area contributed by atoms with Crippen LogP contribution in [0, 0.1) is 5.82 Å². The number of hydrogen-bond donors (Lipinski definition) is 0. The highest BCUT2D eigenvalue weighted by Gasteiger charge is 2.28. The molecule has 0 bridgehead atoms. The Bertz CT molecular complexity index is 508. The number of hydrogen-bond acceptors (Lipinski definition) is 2. The molecule has 0 N–H and O–H groups in total. The zero-order chi connectivity index (χ0) is 13.9. The minimum absolute atomic E-state index is 0.279. The zero-order valence-electron chi connectivity index (χ0n) is 12.1. The van der Waals surface area contributed by atoms with E-state index in [1.165, 1.54) is 51.5 Å². The second-order valence-electron chi connectivity index (χ2n) is 5.76. The van der Waals surface area contributed by atoms with Gasteiger partial charge in [-0.3, -0.25) is 4.90 Å². The van der Waals surface area contributed by atoms with E-state index in [0.717, 1.165) is 12.0 Å². The molecule has 2 fully saturated rings. The normalized spacial score (nSPS) is 25.5. The SMILES string of the molecule is COc1ccc(/C=C2/CCCCC2N2CCC2)cc1F. The molecule has 1 saturated heterocycles. The number of likely N-dealkylation sites (tertiary alicyclic amines) is 1. The second-order valence-corrected chi connectivity index (χ2v) is 5.76. The van der Waals surface area contributed by atoms with Gasteiger partial charge >= 0.3 is 0 Å². The maximum absolute atomic E-state index is 13.8. The van der Waals surface area contributed by atoms with Crippen molar-refractivity contribution in [3.63, 3.8) is 0 Å². The van der Waals surface area contributed by atoms with E-state index in [1.54, 1.807) is 12.1 Å². The minimum atomic E-state index is -0.279. The summed E-state index contributed by atoms with van der Waals surface area (Å²) < 4.78 is 18.7. The van der Waals surface area contributed by atoms with Crippen LogP contribution in [0.3, 0.4) is 0 Å². The molecule has 1 aliphatic carbocycles. The Morgan fingerprint density at radius 2 is 2.10 bits per heavy atom. The molecule has 0 amide bonds. The van der Waals surface area contributed by atoms with Crippen molar-refractivity contribution in [2.45, 2.75) is 38.1 Å². The molecule has 1 aliphatic heterocycles. The lowest BCUT2D eigenvalue weighted by Crippen LogP contribution is -2.46. The van der Waals surface area contributed by atoms with E-state index in [0.29, 0.717) is 11.8 Å². The number of nitrogens with zero attached hydrogens (tertiary/aromatic N) is 1. The van der Waals surface area contributed by atoms with Crippen LogP contribution in [-0.2, 0) is 0 Å². The van der Waals surface area contributed by atoms with Gasteiger partial charge < -0.3 is 4.74 Å². The van der Waals surface area contributed by atoms with Crippen LogP contribution in [0.1, 0.15) is 37.7 Å². The van der Waals surface area contributed by atoms with Crippen molar-refractivity contribution in [3.8, 4) is 5.75 Å². The Kier molecular flexibility index (Phi) is 4.06. The van der Waals surface area contributed by atoms with E-state index in [9.17, 15) is 4.39 Å². The van der Waals surface area contributed by atoms with Gasteiger partial charge in [0.15, 0.2) is 11.6 Å². The molecule has 1 atom stereocenters. The lowest BCUT2D eigenvalue weighted by molar-refractivity contribution is 0.121. The van der Waals surface area contributed by atoms with Crippen molar-refractivity contribution < 1.29 is 9.13 Å². The number of halogens is 1. The summed E-state index contributed by atoms with van der Waals surface area (Å²) in [6.45, 7) is 2.44. The van der Waals surface area contributed by atoms with E-state index in [-0.39, 0.29) is 5.82 Å². The van der Waals surface area contributed by atoms with E-state index in [4.69, 9.17) is 4.74 Å². The molecule has 0 aromatic heterocycles. The van der Waals surface area contributed by atoms with Crippen LogP contribution in [0.5, 0.6) is 5.75 Å². The molecular formula is C17H22FNO. The Balaban J connectivity index is 1.82. The van der Waals surface area contributed by atoms with Crippen molar-refractivity contribution in [3.05, 3.63) is 35.2 Å². The van der Waals surface area contributed by atoms with Crippen molar-refractivity contribution in [1.29, 1.82) is 0 Å². The average Bonchev–Trinajstić information content (AvgIpc) is 2.39. The van der Waals surface area contributed by atoms with Gasteiger partial charge in [-0.15, -0.1) is 0 Å². The molecule has 2 nitrogen and oxygen atoms in total. The lowest BCUT2D eigenvalue weighted by atomic mass is 9.86. The predicted octanol–water partition coefficient (Wildman–Crippen LogP) is 3.87. The van der Waals surface area contributed by atoms with Gasteiger partial charge in [0.1, 0.15) is 0 Å². The molecule has 3 rings (SSSR count). The van der Waals surface area contributed by atoms with Gasteiger partial charge in [0, 0.05) is 6.04 Å². The van der Waals surface area contributed by atoms with Gasteiger partial charge in [0.2, 0.25) is 0 Å². The molecule has 0 radical (unpaired) electrons. The summed E-state index contributed by atoms with van der Waals surface area (Å²) >= 11 is 0. The summed E-state index contributed by atoms with van der Waals surface area (Å²) in [5, 5.41) is 0. The first-order chi connectivity index (χ1) is 9.78. The van der Waals surface area contributed by atoms with Crippen LogP contribution in [0.2, 0.25) is 0 Å². The molecule has 108 valence electrons. The van der Waals surface area contributed by atoms with Crippen LogP contribution >= 0.6 is 0 Å². The summed E-state index contributed by atoms with van der Waals surface area (Å²) in [4.78, 5) is 2.56. The third-order valence-electron chi connectivity index (χ3n) is 4.48. The summed E-state index contributed by atoms with van der Waals surface area (Å²) in [6.07, 6.45) is 8.48. The van der Waals surface area contributed by atoms with Gasteiger partial charge in [0.25, 0.3) is 0 Å². The highest BCUT2D eigenvalue weighted by Crippen LogP contribution is 2.32. The first kappa shape index (κ1) is 13.6. The standard InChI is InChI=1S/C17H22FNO/c1-20-17-8-7-13(12-15(17)18)11-14-5-2-3-6-16(14)19-9-4-10-19/h7-8,11-12,16H,2-6,9-10H2,1H3/b14-11-. The molecule has 1 aromatic rings. The fourth-order valence-electron chi connectivity index (χ4n) is 3.24. The van der Waals surface area contributed by atoms with Crippen molar-refractivity contribution in [2.24, 2.45) is 0 Å². The molecule has 1 heterocycles. The molecule has 1 saturated carbocycles. The molecule has 2 aliphatic rings. The monoisotopic (exact) mass is 275 g/mol. The van der Waals surface area contributed by atoms with Gasteiger partial charge in [-0.05, 0) is 56.5 Å². The number of ether oxygens (including phenoxy) is 1. The highest BCUT2D eigenvalue weighted by atomic mass is 19.1.